The van der Waals surface area contributed by atoms with E-state index in [2.05, 4.69) is 35.3 Å². The van der Waals surface area contributed by atoms with Crippen molar-refractivity contribution in [3.8, 4) is 0 Å². The van der Waals surface area contributed by atoms with Crippen molar-refractivity contribution in [3.05, 3.63) is 36.2 Å². The van der Waals surface area contributed by atoms with E-state index < -0.39 is 0 Å². The Hall–Kier alpha value is -1.84. The maximum atomic E-state index is 4.29. The summed E-state index contributed by atoms with van der Waals surface area (Å²) in [5.41, 5.74) is 1.28. The Morgan fingerprint density at radius 3 is 2.69 bits per heavy atom. The van der Waals surface area contributed by atoms with Crippen LogP contribution in [-0.2, 0) is 7.05 Å². The van der Waals surface area contributed by atoms with Crippen LogP contribution in [0, 0.1) is 0 Å². The summed E-state index contributed by atoms with van der Waals surface area (Å²) < 4.78 is 1.78. The monoisotopic (exact) mass is 216 g/mol. The Kier molecular flexibility index (Phi) is 2.90. The smallest absolute Gasteiger partial charge is 0.131 e. The summed E-state index contributed by atoms with van der Waals surface area (Å²) in [6.45, 7) is 4.34. The Balaban J connectivity index is 2.22. The van der Waals surface area contributed by atoms with Crippen molar-refractivity contribution in [2.45, 2.75) is 19.8 Å². The van der Waals surface area contributed by atoms with Crippen molar-refractivity contribution in [3.63, 3.8) is 0 Å². The zero-order valence-electron chi connectivity index (χ0n) is 9.81. The Morgan fingerprint density at radius 2 is 2.06 bits per heavy atom. The van der Waals surface area contributed by atoms with Crippen LogP contribution in [0.3, 0.4) is 0 Å². The molecule has 0 aromatic carbocycles. The number of nitrogens with one attached hydrogen (secondary N) is 1. The molecule has 0 atom stereocenters. The molecule has 0 aliphatic carbocycles. The lowest BCUT2D eigenvalue weighted by Gasteiger charge is -2.09. The summed E-state index contributed by atoms with van der Waals surface area (Å²) in [5, 5.41) is 7.33. The van der Waals surface area contributed by atoms with E-state index in [-0.39, 0.29) is 0 Å². The molecule has 4 nitrogen and oxygen atoms in total. The molecule has 2 heterocycles. The zero-order chi connectivity index (χ0) is 11.5. The van der Waals surface area contributed by atoms with Crippen molar-refractivity contribution in [2.75, 3.05) is 5.32 Å². The van der Waals surface area contributed by atoms with E-state index in [1.165, 1.54) is 5.56 Å². The van der Waals surface area contributed by atoms with E-state index in [1.807, 2.05) is 25.4 Å². The average molecular weight is 216 g/mol. The number of anilines is 2. The summed E-state index contributed by atoms with van der Waals surface area (Å²) in [4.78, 5) is 4.29. The van der Waals surface area contributed by atoms with Crippen molar-refractivity contribution < 1.29 is 0 Å². The average Bonchev–Trinajstić information content (AvgIpc) is 2.65. The predicted octanol–water partition coefficient (Wildman–Crippen LogP) is 2.68. The molecule has 0 bridgehead atoms. The van der Waals surface area contributed by atoms with Crippen LogP contribution in [0.4, 0.5) is 11.6 Å². The van der Waals surface area contributed by atoms with Crippen molar-refractivity contribution in [1.29, 1.82) is 0 Å². The maximum absolute atomic E-state index is 4.29. The van der Waals surface area contributed by atoms with Gasteiger partial charge in [-0.1, -0.05) is 13.8 Å². The van der Waals surface area contributed by atoms with Gasteiger partial charge in [-0.25, -0.2) is 4.98 Å². The fourth-order valence-corrected chi connectivity index (χ4v) is 1.50. The van der Waals surface area contributed by atoms with Crippen LogP contribution in [0.5, 0.6) is 0 Å². The first kappa shape index (κ1) is 10.7. The van der Waals surface area contributed by atoms with E-state index in [0.717, 1.165) is 11.6 Å². The molecule has 84 valence electrons. The van der Waals surface area contributed by atoms with Gasteiger partial charge >= 0.3 is 0 Å². The first-order valence-corrected chi connectivity index (χ1v) is 5.38. The Morgan fingerprint density at radius 1 is 1.25 bits per heavy atom. The second-order valence-electron chi connectivity index (χ2n) is 4.09. The number of pyridine rings is 1. The van der Waals surface area contributed by atoms with Gasteiger partial charge in [0.1, 0.15) is 11.6 Å². The molecule has 0 amide bonds. The summed E-state index contributed by atoms with van der Waals surface area (Å²) in [5.74, 6) is 2.30. The fourth-order valence-electron chi connectivity index (χ4n) is 1.50. The number of rotatable bonds is 3. The van der Waals surface area contributed by atoms with Gasteiger partial charge in [0.25, 0.3) is 0 Å². The predicted molar refractivity (Wildman–Crippen MR) is 64.8 cm³/mol. The van der Waals surface area contributed by atoms with Crippen LogP contribution in [0.15, 0.2) is 30.6 Å². The molecule has 1 N–H and O–H groups in total. The lowest BCUT2D eigenvalue weighted by molar-refractivity contribution is 0.776. The highest BCUT2D eigenvalue weighted by Gasteiger charge is 2.03. The van der Waals surface area contributed by atoms with Crippen LogP contribution < -0.4 is 5.32 Å². The van der Waals surface area contributed by atoms with Crippen LogP contribution >= 0.6 is 0 Å². The third kappa shape index (κ3) is 2.21. The summed E-state index contributed by atoms with van der Waals surface area (Å²) >= 11 is 0. The van der Waals surface area contributed by atoms with Gasteiger partial charge < -0.3 is 5.32 Å². The number of hydrogen-bond donors (Lipinski definition) is 1. The van der Waals surface area contributed by atoms with Crippen molar-refractivity contribution in [2.24, 2.45) is 7.05 Å². The maximum Gasteiger partial charge on any atom is 0.131 e. The Labute approximate surface area is 95.3 Å². The van der Waals surface area contributed by atoms with Crippen molar-refractivity contribution in [1.82, 2.24) is 14.8 Å². The molecule has 0 aliphatic rings. The molecule has 0 radical (unpaired) electrons. The molecule has 4 heteroatoms. The standard InChI is InChI=1S/C12H16N4/c1-9(2)10-4-6-13-11(8-10)15-12-5-7-14-16(12)3/h4-9H,1-3H3,(H,13,15). The Bertz CT molecular complexity index is 473. The van der Waals surface area contributed by atoms with Crippen LogP contribution in [0.1, 0.15) is 25.3 Å². The molecule has 0 saturated carbocycles. The minimum absolute atomic E-state index is 0.509. The molecule has 2 aromatic heterocycles. The fraction of sp³-hybridized carbons (Fsp3) is 0.333. The highest BCUT2D eigenvalue weighted by molar-refractivity contribution is 5.52. The lowest BCUT2D eigenvalue weighted by Crippen LogP contribution is -2.01. The number of hydrogen-bond acceptors (Lipinski definition) is 3. The number of aromatic nitrogens is 3. The molecule has 16 heavy (non-hydrogen) atoms. The molecule has 0 aliphatic heterocycles. The molecule has 0 saturated heterocycles. The van der Waals surface area contributed by atoms with E-state index in [1.54, 1.807) is 10.9 Å². The van der Waals surface area contributed by atoms with Gasteiger partial charge in [-0.2, -0.15) is 5.10 Å². The van der Waals surface area contributed by atoms with Crippen molar-refractivity contribution >= 4 is 11.6 Å². The van der Waals surface area contributed by atoms with Crippen LogP contribution in [-0.4, -0.2) is 14.8 Å². The van der Waals surface area contributed by atoms with Gasteiger partial charge in [-0.3, -0.25) is 4.68 Å². The number of nitrogens with zero attached hydrogens (tertiary/aromatic N) is 3. The van der Waals surface area contributed by atoms with Gasteiger partial charge in [0.2, 0.25) is 0 Å². The number of aryl methyl sites for hydroxylation is 1. The summed E-state index contributed by atoms with van der Waals surface area (Å²) in [7, 11) is 1.90. The summed E-state index contributed by atoms with van der Waals surface area (Å²) in [6, 6.07) is 6.03. The molecular weight excluding hydrogens is 200 g/mol. The second kappa shape index (κ2) is 4.35. The topological polar surface area (TPSA) is 42.7 Å². The highest BCUT2D eigenvalue weighted by atomic mass is 15.3. The van der Waals surface area contributed by atoms with Crippen LogP contribution in [0.25, 0.3) is 0 Å². The minimum Gasteiger partial charge on any atom is -0.325 e. The zero-order valence-corrected chi connectivity index (χ0v) is 9.81. The molecule has 2 rings (SSSR count). The van der Waals surface area contributed by atoms with Gasteiger partial charge in [0, 0.05) is 19.3 Å². The van der Waals surface area contributed by atoms with Gasteiger partial charge in [-0.05, 0) is 23.6 Å². The molecule has 2 aromatic rings. The lowest BCUT2D eigenvalue weighted by atomic mass is 10.1. The third-order valence-electron chi connectivity index (χ3n) is 2.53. The first-order valence-electron chi connectivity index (χ1n) is 5.38. The third-order valence-corrected chi connectivity index (χ3v) is 2.53. The SMILES string of the molecule is CC(C)c1ccnc(Nc2ccnn2C)c1. The molecule has 0 fully saturated rings. The van der Waals surface area contributed by atoms with E-state index in [0.29, 0.717) is 5.92 Å². The molecular formula is C12H16N4. The van der Waals surface area contributed by atoms with E-state index >= 15 is 0 Å². The second-order valence-corrected chi connectivity index (χ2v) is 4.09. The van der Waals surface area contributed by atoms with Gasteiger partial charge in [-0.15, -0.1) is 0 Å². The van der Waals surface area contributed by atoms with Gasteiger partial charge in [0.15, 0.2) is 0 Å². The molecule has 0 spiro atoms. The summed E-state index contributed by atoms with van der Waals surface area (Å²) in [6.07, 6.45) is 3.59. The molecule has 0 unspecified atom stereocenters. The quantitative estimate of drug-likeness (QED) is 0.857. The largest absolute Gasteiger partial charge is 0.325 e. The van der Waals surface area contributed by atoms with Gasteiger partial charge in [0.05, 0.1) is 6.20 Å². The normalized spacial score (nSPS) is 10.8. The van der Waals surface area contributed by atoms with Crippen LogP contribution in [0.2, 0.25) is 0 Å². The highest BCUT2D eigenvalue weighted by Crippen LogP contribution is 2.19. The minimum atomic E-state index is 0.509. The van der Waals surface area contributed by atoms with E-state index in [4.69, 9.17) is 0 Å². The van der Waals surface area contributed by atoms with E-state index in [9.17, 15) is 0 Å². The first-order chi connectivity index (χ1) is 7.66.